The van der Waals surface area contributed by atoms with E-state index >= 15 is 0 Å². The molecule has 0 aliphatic carbocycles. The molecule has 4 N–H and O–H groups in total. The molecule has 1 fully saturated rings. The number of quaternary nitrogens is 1. The Hall–Kier alpha value is -2.57. The molecule has 0 bridgehead atoms. The number of amides is 2. The Morgan fingerprint density at radius 2 is 1.85 bits per heavy atom. The van der Waals surface area contributed by atoms with Gasteiger partial charge in [0.05, 0.1) is 37.4 Å². The normalized spacial score (nSPS) is 14.9. The fraction of sp³-hybridized carbons (Fsp3) is 0.263. The highest BCUT2D eigenvalue weighted by Gasteiger charge is 2.23. The summed E-state index contributed by atoms with van der Waals surface area (Å²) in [5.74, 6) is -0.673. The molecule has 26 heavy (non-hydrogen) atoms. The first kappa shape index (κ1) is 18.2. The molecule has 6 nitrogen and oxygen atoms in total. The molecule has 0 atom stereocenters. The second-order valence-corrected chi connectivity index (χ2v) is 6.79. The van der Waals surface area contributed by atoms with Crippen LogP contribution < -0.4 is 20.9 Å². The molecule has 0 radical (unpaired) electrons. The van der Waals surface area contributed by atoms with Gasteiger partial charge in [0.2, 0.25) is 0 Å². The Morgan fingerprint density at radius 3 is 2.54 bits per heavy atom. The molecule has 2 amide bonds. The van der Waals surface area contributed by atoms with Gasteiger partial charge < -0.3 is 20.9 Å². The summed E-state index contributed by atoms with van der Waals surface area (Å²) in [6.45, 7) is 3.80. The van der Waals surface area contributed by atoms with Crippen LogP contribution in [0.2, 0.25) is 5.02 Å². The van der Waals surface area contributed by atoms with Crippen molar-refractivity contribution in [2.45, 2.75) is 0 Å². The van der Waals surface area contributed by atoms with E-state index in [1.54, 1.807) is 24.3 Å². The fourth-order valence-corrected chi connectivity index (χ4v) is 3.34. The minimum atomic E-state index is -0.552. The van der Waals surface area contributed by atoms with Gasteiger partial charge in [-0.25, -0.2) is 0 Å². The number of benzene rings is 2. The average molecular weight is 374 g/mol. The second kappa shape index (κ2) is 8.21. The van der Waals surface area contributed by atoms with Gasteiger partial charge in [0.15, 0.2) is 6.54 Å². The Kier molecular flexibility index (Phi) is 5.75. The maximum Gasteiger partial charge on any atom is 0.279 e. The summed E-state index contributed by atoms with van der Waals surface area (Å²) in [5, 5.41) is 3.52. The largest absolute Gasteiger partial charge is 0.366 e. The van der Waals surface area contributed by atoms with Gasteiger partial charge >= 0.3 is 0 Å². The summed E-state index contributed by atoms with van der Waals surface area (Å²) >= 11 is 6.06. The zero-order valence-corrected chi connectivity index (χ0v) is 15.1. The Morgan fingerprint density at radius 1 is 1.12 bits per heavy atom. The van der Waals surface area contributed by atoms with Gasteiger partial charge in [-0.05, 0) is 30.3 Å². The highest BCUT2D eigenvalue weighted by Crippen LogP contribution is 2.19. The number of carbonyl (C=O) groups excluding carboxylic acids is 2. The van der Waals surface area contributed by atoms with Crippen molar-refractivity contribution in [2.75, 3.05) is 42.9 Å². The van der Waals surface area contributed by atoms with E-state index in [1.807, 2.05) is 24.3 Å². The lowest BCUT2D eigenvalue weighted by molar-refractivity contribution is -0.892. The number of halogens is 1. The van der Waals surface area contributed by atoms with E-state index in [9.17, 15) is 9.59 Å². The SMILES string of the molecule is NC(=O)c1ccccc1NC(=O)C[NH+]1CCN(c2cccc(Cl)c2)CC1. The first-order valence-electron chi connectivity index (χ1n) is 8.55. The van der Waals surface area contributed by atoms with Crippen LogP contribution in [0, 0.1) is 0 Å². The third-order valence-electron chi connectivity index (χ3n) is 4.52. The van der Waals surface area contributed by atoms with E-state index in [1.165, 1.54) is 4.90 Å². The van der Waals surface area contributed by atoms with Gasteiger partial charge in [0.25, 0.3) is 11.8 Å². The third-order valence-corrected chi connectivity index (χ3v) is 4.76. The van der Waals surface area contributed by atoms with Crippen LogP contribution in [-0.2, 0) is 4.79 Å². The zero-order valence-electron chi connectivity index (χ0n) is 14.4. The smallest absolute Gasteiger partial charge is 0.279 e. The highest BCUT2D eigenvalue weighted by atomic mass is 35.5. The van der Waals surface area contributed by atoms with Crippen LogP contribution >= 0.6 is 11.6 Å². The Labute approximate surface area is 157 Å². The fourth-order valence-electron chi connectivity index (χ4n) is 3.16. The molecule has 0 saturated carbocycles. The third kappa shape index (κ3) is 4.53. The van der Waals surface area contributed by atoms with Crippen molar-refractivity contribution >= 4 is 34.8 Å². The van der Waals surface area contributed by atoms with Crippen molar-refractivity contribution in [3.05, 3.63) is 59.1 Å². The van der Waals surface area contributed by atoms with E-state index in [0.717, 1.165) is 36.9 Å². The lowest BCUT2D eigenvalue weighted by Crippen LogP contribution is -3.15. The molecule has 1 aliphatic heterocycles. The number of rotatable bonds is 5. The number of nitrogens with zero attached hydrogens (tertiary/aromatic N) is 1. The van der Waals surface area contributed by atoms with Crippen LogP contribution in [0.25, 0.3) is 0 Å². The summed E-state index contributed by atoms with van der Waals surface area (Å²) in [7, 11) is 0. The van der Waals surface area contributed by atoms with Crippen LogP contribution in [0.5, 0.6) is 0 Å². The molecule has 0 aromatic heterocycles. The standard InChI is InChI=1S/C19H21ClN4O2/c20-14-4-3-5-15(12-14)24-10-8-23(9-11-24)13-18(25)22-17-7-2-1-6-16(17)19(21)26/h1-7,12H,8-11,13H2,(H2,21,26)(H,22,25)/p+1. The average Bonchev–Trinajstić information content (AvgIpc) is 2.62. The predicted octanol–water partition coefficient (Wildman–Crippen LogP) is 0.783. The summed E-state index contributed by atoms with van der Waals surface area (Å²) < 4.78 is 0. The van der Waals surface area contributed by atoms with Crippen molar-refractivity contribution in [3.63, 3.8) is 0 Å². The molecule has 0 spiro atoms. The van der Waals surface area contributed by atoms with Gasteiger partial charge in [-0.15, -0.1) is 0 Å². The van der Waals surface area contributed by atoms with E-state index in [2.05, 4.69) is 10.2 Å². The first-order chi connectivity index (χ1) is 12.5. The number of anilines is 2. The highest BCUT2D eigenvalue weighted by molar-refractivity contribution is 6.30. The Bertz CT molecular complexity index is 804. The molecule has 3 rings (SSSR count). The number of primary amides is 1. The molecule has 1 saturated heterocycles. The van der Waals surface area contributed by atoms with Crippen molar-refractivity contribution < 1.29 is 14.5 Å². The number of piperazine rings is 1. The molecular formula is C19H22ClN4O2+. The first-order valence-corrected chi connectivity index (χ1v) is 8.93. The summed E-state index contributed by atoms with van der Waals surface area (Å²) in [6, 6.07) is 14.6. The van der Waals surface area contributed by atoms with Gasteiger partial charge in [0.1, 0.15) is 0 Å². The molecule has 2 aromatic rings. The molecular weight excluding hydrogens is 352 g/mol. The molecule has 1 heterocycles. The monoisotopic (exact) mass is 373 g/mol. The minimum absolute atomic E-state index is 0.120. The number of nitrogens with one attached hydrogen (secondary N) is 2. The van der Waals surface area contributed by atoms with Crippen molar-refractivity contribution in [1.82, 2.24) is 0 Å². The van der Waals surface area contributed by atoms with Crippen LogP contribution in [0.3, 0.4) is 0 Å². The maximum absolute atomic E-state index is 12.3. The van der Waals surface area contributed by atoms with Crippen molar-refractivity contribution in [2.24, 2.45) is 5.73 Å². The lowest BCUT2D eigenvalue weighted by atomic mass is 10.1. The van der Waals surface area contributed by atoms with Gasteiger partial charge in [-0.3, -0.25) is 9.59 Å². The van der Waals surface area contributed by atoms with Crippen LogP contribution in [0.4, 0.5) is 11.4 Å². The number of hydrogen-bond acceptors (Lipinski definition) is 3. The van der Waals surface area contributed by atoms with Crippen molar-refractivity contribution in [1.29, 1.82) is 0 Å². The second-order valence-electron chi connectivity index (χ2n) is 6.35. The van der Waals surface area contributed by atoms with Gasteiger partial charge in [-0.2, -0.15) is 0 Å². The molecule has 136 valence electrons. The van der Waals surface area contributed by atoms with Crippen molar-refractivity contribution in [3.8, 4) is 0 Å². The molecule has 2 aromatic carbocycles. The van der Waals surface area contributed by atoms with E-state index in [0.29, 0.717) is 17.8 Å². The Balaban J connectivity index is 1.53. The van der Waals surface area contributed by atoms with E-state index in [4.69, 9.17) is 17.3 Å². The molecule has 0 unspecified atom stereocenters. The molecule has 7 heteroatoms. The van der Waals surface area contributed by atoms with Gasteiger partial charge in [-0.1, -0.05) is 29.8 Å². The quantitative estimate of drug-likeness (QED) is 0.724. The van der Waals surface area contributed by atoms with Gasteiger partial charge in [0, 0.05) is 10.7 Å². The van der Waals surface area contributed by atoms with E-state index < -0.39 is 5.91 Å². The summed E-state index contributed by atoms with van der Waals surface area (Å²) in [4.78, 5) is 27.3. The van der Waals surface area contributed by atoms with Crippen LogP contribution in [-0.4, -0.2) is 44.5 Å². The summed E-state index contributed by atoms with van der Waals surface area (Å²) in [5.41, 5.74) is 7.23. The molecule has 1 aliphatic rings. The topological polar surface area (TPSA) is 79.9 Å². The number of para-hydroxylation sites is 1. The van der Waals surface area contributed by atoms with Crippen LogP contribution in [0.15, 0.2) is 48.5 Å². The number of carbonyl (C=O) groups is 2. The van der Waals surface area contributed by atoms with Crippen LogP contribution in [0.1, 0.15) is 10.4 Å². The lowest BCUT2D eigenvalue weighted by Gasteiger charge is -2.33. The maximum atomic E-state index is 12.3. The zero-order chi connectivity index (χ0) is 18.5. The van der Waals surface area contributed by atoms with E-state index in [-0.39, 0.29) is 5.91 Å². The number of hydrogen-bond donors (Lipinski definition) is 3. The minimum Gasteiger partial charge on any atom is -0.366 e. The number of nitrogens with two attached hydrogens (primary N) is 1. The summed E-state index contributed by atoms with van der Waals surface area (Å²) in [6.07, 6.45) is 0. The predicted molar refractivity (Wildman–Crippen MR) is 103 cm³/mol.